The number of methoxy groups -OCH3 is 1. The van der Waals surface area contributed by atoms with E-state index in [4.69, 9.17) is 9.47 Å². The lowest BCUT2D eigenvalue weighted by molar-refractivity contribution is -0.385. The molecule has 8 heteroatoms. The number of hydrogen-bond acceptors (Lipinski definition) is 6. The topological polar surface area (TPSA) is 108 Å². The van der Waals surface area contributed by atoms with E-state index in [1.807, 2.05) is 0 Å². The number of aryl methyl sites for hydroxylation is 1. The monoisotopic (exact) mass is 376 g/mol. The second-order valence-electron chi connectivity index (χ2n) is 7.44. The second-order valence-corrected chi connectivity index (χ2v) is 7.44. The smallest absolute Gasteiger partial charge is 0.311 e. The van der Waals surface area contributed by atoms with E-state index in [0.717, 1.165) is 12.3 Å². The van der Waals surface area contributed by atoms with Gasteiger partial charge in [0.15, 0.2) is 12.4 Å². The van der Waals surface area contributed by atoms with Crippen LogP contribution in [0.25, 0.3) is 0 Å². The summed E-state index contributed by atoms with van der Waals surface area (Å²) in [6.45, 7) is 1.27. The molecule has 3 atom stereocenters. The van der Waals surface area contributed by atoms with E-state index in [2.05, 4.69) is 5.32 Å². The molecule has 3 rings (SSSR count). The van der Waals surface area contributed by atoms with Crippen LogP contribution in [0.4, 0.5) is 11.4 Å². The Balaban J connectivity index is 1.51. The molecule has 2 aliphatic rings. The Kier molecular flexibility index (Phi) is 5.62. The molecule has 146 valence electrons. The summed E-state index contributed by atoms with van der Waals surface area (Å²) < 4.78 is 10.1. The number of carbonyl (C=O) groups excluding carboxylic acids is 2. The van der Waals surface area contributed by atoms with E-state index < -0.39 is 10.8 Å². The van der Waals surface area contributed by atoms with Crippen molar-refractivity contribution >= 4 is 23.3 Å². The van der Waals surface area contributed by atoms with Crippen molar-refractivity contribution in [1.29, 1.82) is 0 Å². The fourth-order valence-electron chi connectivity index (χ4n) is 4.35. The highest BCUT2D eigenvalue weighted by Crippen LogP contribution is 2.49. The van der Waals surface area contributed by atoms with Crippen LogP contribution in [0.3, 0.4) is 0 Å². The number of nitrogens with zero attached hydrogens (tertiary/aromatic N) is 1. The molecule has 1 amide bonds. The fraction of sp³-hybridized carbons (Fsp3) is 0.579. The molecule has 2 bridgehead atoms. The minimum Gasteiger partial charge on any atom is -0.490 e. The first-order chi connectivity index (χ1) is 12.9. The molecule has 1 aromatic carbocycles. The molecule has 1 aromatic rings. The Hall–Kier alpha value is -2.64. The van der Waals surface area contributed by atoms with Gasteiger partial charge in [0.05, 0.1) is 12.0 Å². The maximum absolute atomic E-state index is 12.1. The highest BCUT2D eigenvalue weighted by molar-refractivity contribution is 5.94. The standard InChI is InChI=1S/C19H24N2O6/c1-11-5-16(21(24)25)17(26-2)9-15(11)20-18(22)10-27-19(23)8-14-7-12-3-4-13(14)6-12/h5,9,12-14H,3-4,6-8,10H2,1-2H3,(H,20,22)/t12-,13+,14+/m0/s1. The average Bonchev–Trinajstić information content (AvgIpc) is 3.24. The van der Waals surface area contributed by atoms with Crippen LogP contribution >= 0.6 is 0 Å². The predicted molar refractivity (Wildman–Crippen MR) is 97.5 cm³/mol. The fourth-order valence-corrected chi connectivity index (χ4v) is 4.35. The Morgan fingerprint density at radius 3 is 2.67 bits per heavy atom. The summed E-state index contributed by atoms with van der Waals surface area (Å²) in [5.41, 5.74) is 0.723. The molecule has 2 aliphatic carbocycles. The van der Waals surface area contributed by atoms with Crippen molar-refractivity contribution in [3.63, 3.8) is 0 Å². The minimum absolute atomic E-state index is 0.0502. The third-order valence-corrected chi connectivity index (χ3v) is 5.67. The van der Waals surface area contributed by atoms with Crippen molar-refractivity contribution in [2.45, 2.75) is 39.0 Å². The van der Waals surface area contributed by atoms with Crippen LogP contribution in [-0.2, 0) is 14.3 Å². The van der Waals surface area contributed by atoms with E-state index in [1.165, 1.54) is 38.5 Å². The summed E-state index contributed by atoms with van der Waals surface area (Å²) in [4.78, 5) is 34.6. The predicted octanol–water partition coefficient (Wildman–Crippen LogP) is 3.22. The molecule has 0 aliphatic heterocycles. The SMILES string of the molecule is COc1cc(NC(=O)COC(=O)C[C@H]2C[C@H]3CC[C@@H]2C3)c(C)cc1[N+](=O)[O-]. The summed E-state index contributed by atoms with van der Waals surface area (Å²) in [7, 11) is 1.32. The van der Waals surface area contributed by atoms with Gasteiger partial charge in [0.2, 0.25) is 0 Å². The molecule has 2 saturated carbocycles. The maximum atomic E-state index is 12.1. The number of nitrogens with one attached hydrogen (secondary N) is 1. The quantitative estimate of drug-likeness (QED) is 0.445. The number of fused-ring (bicyclic) bond motifs is 2. The third-order valence-electron chi connectivity index (χ3n) is 5.67. The van der Waals surface area contributed by atoms with Gasteiger partial charge in [-0.15, -0.1) is 0 Å². The van der Waals surface area contributed by atoms with Gasteiger partial charge in [-0.1, -0.05) is 6.42 Å². The minimum atomic E-state index is -0.547. The molecule has 0 spiro atoms. The van der Waals surface area contributed by atoms with Crippen molar-refractivity contribution in [2.75, 3.05) is 19.0 Å². The number of carbonyl (C=O) groups is 2. The molecule has 27 heavy (non-hydrogen) atoms. The second kappa shape index (κ2) is 7.94. The Bertz CT molecular complexity index is 763. The maximum Gasteiger partial charge on any atom is 0.311 e. The van der Waals surface area contributed by atoms with Crippen molar-refractivity contribution in [3.8, 4) is 5.75 Å². The summed E-state index contributed by atoms with van der Waals surface area (Å²) in [5, 5.41) is 13.6. The van der Waals surface area contributed by atoms with Crippen LogP contribution in [0.2, 0.25) is 0 Å². The molecule has 1 N–H and O–H groups in total. The lowest BCUT2D eigenvalue weighted by Crippen LogP contribution is -2.23. The normalized spacial score (nSPS) is 23.1. The number of esters is 1. The van der Waals surface area contributed by atoms with Gasteiger partial charge in [0.25, 0.3) is 5.91 Å². The number of benzene rings is 1. The lowest BCUT2D eigenvalue weighted by Gasteiger charge is -2.20. The van der Waals surface area contributed by atoms with Gasteiger partial charge in [0, 0.05) is 24.2 Å². The van der Waals surface area contributed by atoms with Crippen molar-refractivity contribution in [3.05, 3.63) is 27.8 Å². The summed E-state index contributed by atoms with van der Waals surface area (Å²) in [6.07, 6.45) is 5.16. The van der Waals surface area contributed by atoms with Crippen LogP contribution in [0.15, 0.2) is 12.1 Å². The zero-order valence-corrected chi connectivity index (χ0v) is 15.5. The van der Waals surface area contributed by atoms with Gasteiger partial charge in [-0.3, -0.25) is 19.7 Å². The van der Waals surface area contributed by atoms with Crippen LogP contribution in [0.5, 0.6) is 5.75 Å². The van der Waals surface area contributed by atoms with E-state index >= 15 is 0 Å². The summed E-state index contributed by atoms with van der Waals surface area (Å²) in [5.74, 6) is 0.994. The first kappa shape index (κ1) is 19.1. The van der Waals surface area contributed by atoms with Gasteiger partial charge in [-0.2, -0.15) is 0 Å². The van der Waals surface area contributed by atoms with Gasteiger partial charge in [-0.05, 0) is 49.5 Å². The first-order valence-corrected chi connectivity index (χ1v) is 9.16. The number of nitro benzene ring substituents is 1. The molecule has 0 heterocycles. The highest BCUT2D eigenvalue weighted by Gasteiger charge is 2.40. The first-order valence-electron chi connectivity index (χ1n) is 9.16. The summed E-state index contributed by atoms with van der Waals surface area (Å²) >= 11 is 0. The Morgan fingerprint density at radius 1 is 1.30 bits per heavy atom. The molecule has 0 saturated heterocycles. The van der Waals surface area contributed by atoms with Crippen LogP contribution in [-0.4, -0.2) is 30.5 Å². The van der Waals surface area contributed by atoms with Crippen LogP contribution in [0.1, 0.15) is 37.7 Å². The van der Waals surface area contributed by atoms with E-state index in [1.54, 1.807) is 6.92 Å². The molecular weight excluding hydrogens is 352 g/mol. The molecule has 8 nitrogen and oxygen atoms in total. The number of ether oxygens (including phenoxy) is 2. The lowest BCUT2D eigenvalue weighted by atomic mass is 9.86. The number of anilines is 1. The van der Waals surface area contributed by atoms with E-state index in [-0.39, 0.29) is 24.0 Å². The van der Waals surface area contributed by atoms with Gasteiger partial charge < -0.3 is 14.8 Å². The molecule has 0 radical (unpaired) electrons. The number of amides is 1. The van der Waals surface area contributed by atoms with Crippen molar-refractivity contribution < 1.29 is 24.0 Å². The van der Waals surface area contributed by atoms with Gasteiger partial charge in [0.1, 0.15) is 0 Å². The van der Waals surface area contributed by atoms with Gasteiger partial charge in [-0.25, -0.2) is 0 Å². The average molecular weight is 376 g/mol. The molecule has 0 aromatic heterocycles. The Labute approximate surface area is 157 Å². The summed E-state index contributed by atoms with van der Waals surface area (Å²) in [6, 6.07) is 2.72. The number of hydrogen-bond donors (Lipinski definition) is 1. The molecular formula is C19H24N2O6. The van der Waals surface area contributed by atoms with Crippen molar-refractivity contribution in [2.24, 2.45) is 17.8 Å². The third kappa shape index (κ3) is 4.37. The largest absolute Gasteiger partial charge is 0.490 e. The highest BCUT2D eigenvalue weighted by atomic mass is 16.6. The number of nitro groups is 1. The van der Waals surface area contributed by atoms with Crippen LogP contribution in [0, 0.1) is 34.8 Å². The van der Waals surface area contributed by atoms with E-state index in [9.17, 15) is 19.7 Å². The van der Waals surface area contributed by atoms with Crippen LogP contribution < -0.4 is 10.1 Å². The van der Waals surface area contributed by atoms with E-state index in [0.29, 0.717) is 29.5 Å². The molecule has 0 unspecified atom stereocenters. The van der Waals surface area contributed by atoms with Gasteiger partial charge >= 0.3 is 11.7 Å². The number of rotatable bonds is 7. The van der Waals surface area contributed by atoms with Crippen molar-refractivity contribution in [1.82, 2.24) is 0 Å². The zero-order valence-electron chi connectivity index (χ0n) is 15.5. The zero-order chi connectivity index (χ0) is 19.6. The molecule has 2 fully saturated rings. The Morgan fingerprint density at radius 2 is 2.07 bits per heavy atom.